The van der Waals surface area contributed by atoms with Crippen molar-refractivity contribution in [2.75, 3.05) is 4.90 Å². The zero-order valence-electron chi connectivity index (χ0n) is 16.1. The standard InChI is InChI=1S/C22H23BrN4S/c1-22(2,3)26-13-11-15(14-26)20-19(18-6-4-5-12-24-18)25-21(28)27(20)17-9-7-16(23)8-10-17/h4-14,19-20H,1-3H3,(H,25,28)/t19-,20+/m0/s1. The summed E-state index contributed by atoms with van der Waals surface area (Å²) in [6.45, 7) is 6.62. The summed E-state index contributed by atoms with van der Waals surface area (Å²) in [4.78, 5) is 6.80. The highest BCUT2D eigenvalue weighted by Crippen LogP contribution is 2.42. The van der Waals surface area contributed by atoms with E-state index in [-0.39, 0.29) is 17.6 Å². The van der Waals surface area contributed by atoms with Gasteiger partial charge in [-0.1, -0.05) is 22.0 Å². The number of nitrogens with zero attached hydrogens (tertiary/aromatic N) is 3. The Morgan fingerprint density at radius 2 is 1.82 bits per heavy atom. The maximum atomic E-state index is 5.76. The van der Waals surface area contributed by atoms with Gasteiger partial charge in [-0.05, 0) is 81.0 Å². The van der Waals surface area contributed by atoms with Crippen LogP contribution in [0.4, 0.5) is 5.69 Å². The van der Waals surface area contributed by atoms with E-state index in [0.29, 0.717) is 5.11 Å². The molecule has 0 unspecified atom stereocenters. The van der Waals surface area contributed by atoms with Crippen LogP contribution in [0.15, 0.2) is 71.6 Å². The molecule has 1 aliphatic heterocycles. The second-order valence-corrected chi connectivity index (χ2v) is 9.30. The van der Waals surface area contributed by atoms with E-state index in [1.54, 1.807) is 0 Å². The van der Waals surface area contributed by atoms with Gasteiger partial charge in [-0.15, -0.1) is 0 Å². The van der Waals surface area contributed by atoms with E-state index in [1.807, 2.05) is 30.5 Å². The van der Waals surface area contributed by atoms with Crippen molar-refractivity contribution in [3.05, 3.63) is 82.9 Å². The summed E-state index contributed by atoms with van der Waals surface area (Å²) in [6, 6.07) is 16.5. The summed E-state index contributed by atoms with van der Waals surface area (Å²) in [6.07, 6.45) is 6.20. The molecule has 2 atom stereocenters. The molecule has 4 rings (SSSR count). The molecule has 3 aromatic rings. The van der Waals surface area contributed by atoms with Crippen molar-refractivity contribution in [3.8, 4) is 0 Å². The Labute approximate surface area is 179 Å². The van der Waals surface area contributed by atoms with Crippen molar-refractivity contribution in [2.24, 2.45) is 0 Å². The zero-order chi connectivity index (χ0) is 19.9. The molecule has 1 N–H and O–H groups in total. The Hall–Kier alpha value is -2.18. The van der Waals surface area contributed by atoms with E-state index in [1.165, 1.54) is 5.56 Å². The van der Waals surface area contributed by atoms with Gasteiger partial charge in [-0.25, -0.2) is 0 Å². The number of rotatable bonds is 3. The van der Waals surface area contributed by atoms with Gasteiger partial charge < -0.3 is 14.8 Å². The number of thiocarbonyl (C=S) groups is 1. The summed E-state index contributed by atoms with van der Waals surface area (Å²) in [5.41, 5.74) is 3.28. The maximum absolute atomic E-state index is 5.76. The zero-order valence-corrected chi connectivity index (χ0v) is 18.5. The first-order chi connectivity index (χ1) is 13.3. The first kappa shape index (κ1) is 19.2. The summed E-state index contributed by atoms with van der Waals surface area (Å²) in [7, 11) is 0. The van der Waals surface area contributed by atoms with Crippen LogP contribution in [-0.2, 0) is 5.54 Å². The molecular formula is C22H23BrN4S. The quantitative estimate of drug-likeness (QED) is 0.523. The molecule has 1 fully saturated rings. The smallest absolute Gasteiger partial charge is 0.174 e. The summed E-state index contributed by atoms with van der Waals surface area (Å²) in [5.74, 6) is 0. The fraction of sp³-hybridized carbons (Fsp3) is 0.273. The molecule has 2 aromatic heterocycles. The minimum Gasteiger partial charge on any atom is -0.351 e. The molecule has 4 nitrogen and oxygen atoms in total. The molecule has 1 saturated heterocycles. The lowest BCUT2D eigenvalue weighted by molar-refractivity contribution is 0.397. The molecule has 6 heteroatoms. The van der Waals surface area contributed by atoms with Gasteiger partial charge >= 0.3 is 0 Å². The Morgan fingerprint density at radius 3 is 2.43 bits per heavy atom. The SMILES string of the molecule is CC(C)(C)n1ccc([C@@H]2[C@H](c3ccccn3)NC(=S)N2c2ccc(Br)cc2)c1. The number of benzene rings is 1. The molecule has 0 aliphatic carbocycles. The Balaban J connectivity index is 1.81. The number of pyridine rings is 1. The highest BCUT2D eigenvalue weighted by Gasteiger charge is 2.41. The number of nitrogens with one attached hydrogen (secondary N) is 1. The third-order valence-corrected chi connectivity index (χ3v) is 5.88. The minimum absolute atomic E-state index is 0.0202. The van der Waals surface area contributed by atoms with Gasteiger partial charge in [-0.2, -0.15) is 0 Å². The monoisotopic (exact) mass is 454 g/mol. The third-order valence-electron chi connectivity index (χ3n) is 5.03. The van der Waals surface area contributed by atoms with Crippen molar-refractivity contribution in [3.63, 3.8) is 0 Å². The van der Waals surface area contributed by atoms with Crippen LogP contribution < -0.4 is 10.2 Å². The highest BCUT2D eigenvalue weighted by atomic mass is 79.9. The van der Waals surface area contributed by atoms with Gasteiger partial charge in [0, 0.05) is 34.3 Å². The van der Waals surface area contributed by atoms with Gasteiger partial charge in [0.25, 0.3) is 0 Å². The lowest BCUT2D eigenvalue weighted by Crippen LogP contribution is -2.29. The second kappa shape index (κ2) is 7.33. The van der Waals surface area contributed by atoms with Gasteiger partial charge in [0.2, 0.25) is 0 Å². The van der Waals surface area contributed by atoms with Crippen molar-refractivity contribution in [2.45, 2.75) is 38.4 Å². The predicted molar refractivity (Wildman–Crippen MR) is 122 cm³/mol. The summed E-state index contributed by atoms with van der Waals surface area (Å²) < 4.78 is 3.30. The fourth-order valence-corrected chi connectivity index (χ4v) is 4.19. The first-order valence-electron chi connectivity index (χ1n) is 9.29. The molecule has 0 spiro atoms. The van der Waals surface area contributed by atoms with Crippen LogP contribution in [0.1, 0.15) is 44.1 Å². The molecule has 0 amide bonds. The number of hydrogen-bond donors (Lipinski definition) is 1. The van der Waals surface area contributed by atoms with Crippen molar-refractivity contribution >= 4 is 38.9 Å². The van der Waals surface area contributed by atoms with Gasteiger partial charge in [-0.3, -0.25) is 4.98 Å². The van der Waals surface area contributed by atoms with Crippen molar-refractivity contribution in [1.82, 2.24) is 14.9 Å². The van der Waals surface area contributed by atoms with E-state index in [4.69, 9.17) is 12.2 Å². The second-order valence-electron chi connectivity index (χ2n) is 8.00. The highest BCUT2D eigenvalue weighted by molar-refractivity contribution is 9.10. The van der Waals surface area contributed by atoms with Crippen LogP contribution in [0.5, 0.6) is 0 Å². The maximum Gasteiger partial charge on any atom is 0.174 e. The average molecular weight is 455 g/mol. The third kappa shape index (κ3) is 3.59. The number of hydrogen-bond acceptors (Lipinski definition) is 2. The number of aromatic nitrogens is 2. The summed E-state index contributed by atoms with van der Waals surface area (Å²) in [5, 5.41) is 4.22. The van der Waals surface area contributed by atoms with Crippen LogP contribution in [0, 0.1) is 0 Å². The molecule has 0 radical (unpaired) electrons. The van der Waals surface area contributed by atoms with Gasteiger partial charge in [0.05, 0.1) is 17.8 Å². The molecule has 1 aliphatic rings. The molecule has 28 heavy (non-hydrogen) atoms. The fourth-order valence-electron chi connectivity index (χ4n) is 3.58. The van der Waals surface area contributed by atoms with Crippen LogP contribution in [-0.4, -0.2) is 14.7 Å². The van der Waals surface area contributed by atoms with Gasteiger partial charge in [0.1, 0.15) is 0 Å². The Kier molecular flexibility index (Phi) is 5.02. The normalized spacial score (nSPS) is 19.7. The van der Waals surface area contributed by atoms with E-state index in [0.717, 1.165) is 15.9 Å². The molecule has 3 heterocycles. The molecule has 1 aromatic carbocycles. The predicted octanol–water partition coefficient (Wildman–Crippen LogP) is 5.58. The minimum atomic E-state index is -0.0202. The molecule has 144 valence electrons. The van der Waals surface area contributed by atoms with Crippen LogP contribution >= 0.6 is 28.1 Å². The lowest BCUT2D eigenvalue weighted by atomic mass is 9.98. The molecular weight excluding hydrogens is 432 g/mol. The summed E-state index contributed by atoms with van der Waals surface area (Å²) >= 11 is 9.28. The van der Waals surface area contributed by atoms with Crippen molar-refractivity contribution < 1.29 is 0 Å². The lowest BCUT2D eigenvalue weighted by Gasteiger charge is -2.28. The van der Waals surface area contributed by atoms with Gasteiger partial charge in [0.15, 0.2) is 5.11 Å². The molecule has 0 bridgehead atoms. The van der Waals surface area contributed by atoms with Crippen LogP contribution in [0.3, 0.4) is 0 Å². The van der Waals surface area contributed by atoms with Crippen LogP contribution in [0.25, 0.3) is 0 Å². The van der Waals surface area contributed by atoms with Crippen LogP contribution in [0.2, 0.25) is 0 Å². The van der Waals surface area contributed by atoms with E-state index in [2.05, 4.69) is 93.1 Å². The largest absolute Gasteiger partial charge is 0.351 e. The number of anilines is 1. The van der Waals surface area contributed by atoms with E-state index >= 15 is 0 Å². The Morgan fingerprint density at radius 1 is 1.07 bits per heavy atom. The van der Waals surface area contributed by atoms with E-state index < -0.39 is 0 Å². The first-order valence-corrected chi connectivity index (χ1v) is 10.5. The Bertz CT molecular complexity index is 976. The molecule has 0 saturated carbocycles. The number of halogens is 1. The topological polar surface area (TPSA) is 33.1 Å². The average Bonchev–Trinajstić information content (AvgIpc) is 3.28. The van der Waals surface area contributed by atoms with E-state index in [9.17, 15) is 0 Å². The van der Waals surface area contributed by atoms with Crippen molar-refractivity contribution in [1.29, 1.82) is 0 Å².